The average Bonchev–Trinajstić information content (AvgIpc) is 2.47. The summed E-state index contributed by atoms with van der Waals surface area (Å²) in [6.07, 6.45) is 1.06. The Hall–Kier alpha value is -1.76. The van der Waals surface area contributed by atoms with E-state index >= 15 is 0 Å². The lowest BCUT2D eigenvalue weighted by Crippen LogP contribution is -2.22. The summed E-state index contributed by atoms with van der Waals surface area (Å²) in [6.45, 7) is 4.52. The van der Waals surface area contributed by atoms with Gasteiger partial charge in [0.1, 0.15) is 5.75 Å². The van der Waals surface area contributed by atoms with E-state index in [9.17, 15) is 0 Å². The fraction of sp³-hybridized carbons (Fsp3) is 0.294. The van der Waals surface area contributed by atoms with E-state index in [0.29, 0.717) is 0 Å². The fourth-order valence-corrected chi connectivity index (χ4v) is 2.35. The van der Waals surface area contributed by atoms with Crippen LogP contribution in [0.15, 0.2) is 54.6 Å². The van der Waals surface area contributed by atoms with Gasteiger partial charge in [0.25, 0.3) is 0 Å². The summed E-state index contributed by atoms with van der Waals surface area (Å²) in [4.78, 5) is 0. The van der Waals surface area contributed by atoms with E-state index in [1.165, 1.54) is 11.1 Å². The number of hydrogen-bond donors (Lipinski definition) is 0. The minimum absolute atomic E-state index is 0.0375. The molecule has 1 atom stereocenters. The van der Waals surface area contributed by atoms with Crippen molar-refractivity contribution >= 4 is 0 Å². The van der Waals surface area contributed by atoms with E-state index in [-0.39, 0.29) is 5.41 Å². The zero-order chi connectivity index (χ0) is 13.0. The molecule has 0 aliphatic carbocycles. The normalized spacial score (nSPS) is 13.9. The van der Waals surface area contributed by atoms with E-state index in [0.717, 1.165) is 12.2 Å². The highest BCUT2D eigenvalue weighted by Crippen LogP contribution is 2.36. The number of ether oxygens (including phenoxy) is 1. The maximum absolute atomic E-state index is 5.33. The molecule has 94 valence electrons. The van der Waals surface area contributed by atoms with Crippen molar-refractivity contribution in [2.75, 3.05) is 7.11 Å². The van der Waals surface area contributed by atoms with E-state index < -0.39 is 0 Å². The fourth-order valence-electron chi connectivity index (χ4n) is 2.35. The molecule has 0 amide bonds. The Morgan fingerprint density at radius 3 is 2.22 bits per heavy atom. The van der Waals surface area contributed by atoms with Crippen molar-refractivity contribution in [1.82, 2.24) is 0 Å². The Bertz CT molecular complexity index is 504. The Kier molecular flexibility index (Phi) is 3.71. The van der Waals surface area contributed by atoms with Gasteiger partial charge in [0.05, 0.1) is 7.11 Å². The molecule has 18 heavy (non-hydrogen) atoms. The van der Waals surface area contributed by atoms with Crippen molar-refractivity contribution in [2.45, 2.75) is 25.7 Å². The number of hydrogen-bond acceptors (Lipinski definition) is 1. The molecule has 0 spiro atoms. The van der Waals surface area contributed by atoms with Crippen LogP contribution in [0, 0.1) is 0 Å². The van der Waals surface area contributed by atoms with Crippen molar-refractivity contribution in [3.8, 4) is 5.75 Å². The maximum Gasteiger partial charge on any atom is 0.119 e. The van der Waals surface area contributed by atoms with Crippen LogP contribution in [0.25, 0.3) is 0 Å². The molecule has 0 bridgehead atoms. The number of methoxy groups -OCH3 is 1. The standard InChI is InChI=1S/C17H20O/c1-4-17(2,14-9-6-5-7-10-14)15-11-8-12-16(13-15)18-3/h5-13H,4H2,1-3H3/t17-/m0/s1. The first-order valence-corrected chi connectivity index (χ1v) is 6.41. The molecule has 0 N–H and O–H groups in total. The molecule has 0 saturated heterocycles. The highest BCUT2D eigenvalue weighted by atomic mass is 16.5. The van der Waals surface area contributed by atoms with Gasteiger partial charge in [0, 0.05) is 5.41 Å². The lowest BCUT2D eigenvalue weighted by molar-refractivity contribution is 0.412. The summed E-state index contributed by atoms with van der Waals surface area (Å²) in [7, 11) is 1.71. The van der Waals surface area contributed by atoms with Gasteiger partial charge in [-0.2, -0.15) is 0 Å². The van der Waals surface area contributed by atoms with Crippen LogP contribution in [-0.4, -0.2) is 7.11 Å². The minimum atomic E-state index is 0.0375. The smallest absolute Gasteiger partial charge is 0.119 e. The van der Waals surface area contributed by atoms with E-state index in [4.69, 9.17) is 4.74 Å². The second-order valence-corrected chi connectivity index (χ2v) is 4.78. The van der Waals surface area contributed by atoms with Crippen molar-refractivity contribution in [3.63, 3.8) is 0 Å². The van der Waals surface area contributed by atoms with Gasteiger partial charge in [-0.1, -0.05) is 56.3 Å². The van der Waals surface area contributed by atoms with Crippen molar-refractivity contribution in [2.24, 2.45) is 0 Å². The average molecular weight is 240 g/mol. The Morgan fingerprint density at radius 2 is 1.61 bits per heavy atom. The first-order valence-electron chi connectivity index (χ1n) is 6.41. The van der Waals surface area contributed by atoms with Crippen molar-refractivity contribution in [1.29, 1.82) is 0 Å². The van der Waals surface area contributed by atoms with E-state index in [1.54, 1.807) is 7.11 Å². The summed E-state index contributed by atoms with van der Waals surface area (Å²) in [5, 5.41) is 0. The van der Waals surface area contributed by atoms with Crippen LogP contribution >= 0.6 is 0 Å². The SMILES string of the molecule is CC[C@@](C)(c1ccccc1)c1cccc(OC)c1. The van der Waals surface area contributed by atoms with Crippen LogP contribution < -0.4 is 4.74 Å². The number of rotatable bonds is 4. The molecule has 2 aromatic carbocycles. The topological polar surface area (TPSA) is 9.23 Å². The van der Waals surface area contributed by atoms with Gasteiger partial charge in [-0.3, -0.25) is 0 Å². The zero-order valence-electron chi connectivity index (χ0n) is 11.3. The lowest BCUT2D eigenvalue weighted by atomic mass is 9.74. The van der Waals surface area contributed by atoms with Gasteiger partial charge >= 0.3 is 0 Å². The van der Waals surface area contributed by atoms with Crippen LogP contribution in [0.1, 0.15) is 31.4 Å². The minimum Gasteiger partial charge on any atom is -0.497 e. The lowest BCUT2D eigenvalue weighted by Gasteiger charge is -2.30. The molecule has 1 nitrogen and oxygen atoms in total. The van der Waals surface area contributed by atoms with Crippen molar-refractivity contribution < 1.29 is 4.74 Å². The van der Waals surface area contributed by atoms with Gasteiger partial charge in [0.2, 0.25) is 0 Å². The van der Waals surface area contributed by atoms with Crippen LogP contribution in [0.4, 0.5) is 0 Å². The predicted octanol–water partition coefficient (Wildman–Crippen LogP) is 4.41. The van der Waals surface area contributed by atoms with E-state index in [2.05, 4.69) is 62.4 Å². The van der Waals surface area contributed by atoms with Crippen molar-refractivity contribution in [3.05, 3.63) is 65.7 Å². The summed E-state index contributed by atoms with van der Waals surface area (Å²) < 4.78 is 5.33. The zero-order valence-corrected chi connectivity index (χ0v) is 11.3. The quantitative estimate of drug-likeness (QED) is 0.769. The van der Waals surface area contributed by atoms with Crippen LogP contribution in [-0.2, 0) is 5.41 Å². The molecule has 0 heterocycles. The van der Waals surface area contributed by atoms with Crippen LogP contribution in [0.2, 0.25) is 0 Å². The van der Waals surface area contributed by atoms with E-state index in [1.807, 2.05) is 6.07 Å². The molecule has 0 aliphatic heterocycles. The molecule has 0 aromatic heterocycles. The third-order valence-corrected chi connectivity index (χ3v) is 3.82. The molecule has 2 aromatic rings. The largest absolute Gasteiger partial charge is 0.497 e. The predicted molar refractivity (Wildman–Crippen MR) is 76.2 cm³/mol. The summed E-state index contributed by atoms with van der Waals surface area (Å²) in [5.41, 5.74) is 2.69. The third-order valence-electron chi connectivity index (χ3n) is 3.82. The second-order valence-electron chi connectivity index (χ2n) is 4.78. The van der Waals surface area contributed by atoms with Crippen LogP contribution in [0.3, 0.4) is 0 Å². The molecule has 0 saturated carbocycles. The third kappa shape index (κ3) is 2.26. The summed E-state index contributed by atoms with van der Waals surface area (Å²) >= 11 is 0. The molecule has 0 radical (unpaired) electrons. The summed E-state index contributed by atoms with van der Waals surface area (Å²) in [6, 6.07) is 19.0. The highest BCUT2D eigenvalue weighted by molar-refractivity contribution is 5.41. The monoisotopic (exact) mass is 240 g/mol. The molecule has 0 unspecified atom stereocenters. The van der Waals surface area contributed by atoms with Gasteiger partial charge in [0.15, 0.2) is 0 Å². The van der Waals surface area contributed by atoms with Gasteiger partial charge < -0.3 is 4.74 Å². The molecule has 2 rings (SSSR count). The molecule has 0 fully saturated rings. The van der Waals surface area contributed by atoms with Crippen LogP contribution in [0.5, 0.6) is 5.75 Å². The Balaban J connectivity index is 2.49. The van der Waals surface area contributed by atoms with Gasteiger partial charge in [-0.25, -0.2) is 0 Å². The maximum atomic E-state index is 5.33. The summed E-state index contributed by atoms with van der Waals surface area (Å²) in [5.74, 6) is 0.920. The van der Waals surface area contributed by atoms with Gasteiger partial charge in [-0.15, -0.1) is 0 Å². The van der Waals surface area contributed by atoms with Gasteiger partial charge in [-0.05, 0) is 29.7 Å². The number of benzene rings is 2. The first-order chi connectivity index (χ1) is 8.70. The molecular formula is C17H20O. The molecule has 1 heteroatoms. The first kappa shape index (κ1) is 12.7. The molecule has 0 aliphatic rings. The molecular weight excluding hydrogens is 220 g/mol. The second kappa shape index (κ2) is 5.26. The highest BCUT2D eigenvalue weighted by Gasteiger charge is 2.26. The Labute approximate surface area is 109 Å². The Morgan fingerprint density at radius 1 is 0.944 bits per heavy atom.